The first-order valence-electron chi connectivity index (χ1n) is 5.44. The third kappa shape index (κ3) is 2.76. The number of aryl methyl sites for hydroxylation is 1. The van der Waals surface area contributed by atoms with Gasteiger partial charge in [-0.15, -0.1) is 10.2 Å². The molecule has 5 nitrogen and oxygen atoms in total. The Balaban J connectivity index is 1.82. The van der Waals surface area contributed by atoms with Crippen LogP contribution in [0.15, 0.2) is 4.42 Å². The molecule has 1 saturated heterocycles. The Morgan fingerprint density at radius 2 is 2.40 bits per heavy atom. The van der Waals surface area contributed by atoms with E-state index in [0.29, 0.717) is 5.89 Å². The Morgan fingerprint density at radius 3 is 3.07 bits per heavy atom. The highest BCUT2D eigenvalue weighted by molar-refractivity contribution is 4.83. The quantitative estimate of drug-likeness (QED) is 0.780. The van der Waals surface area contributed by atoms with Gasteiger partial charge in [-0.1, -0.05) is 0 Å². The van der Waals surface area contributed by atoms with Crippen LogP contribution in [0, 0.1) is 12.8 Å². The molecule has 1 aliphatic rings. The molecule has 0 aliphatic carbocycles. The van der Waals surface area contributed by atoms with E-state index < -0.39 is 0 Å². The molecule has 84 valence electrons. The SMILES string of the molecule is CNCC1CCN(Cc2nnc(C)o2)C1. The monoisotopic (exact) mass is 210 g/mol. The van der Waals surface area contributed by atoms with Gasteiger partial charge in [-0.3, -0.25) is 4.90 Å². The van der Waals surface area contributed by atoms with Crippen molar-refractivity contribution in [1.29, 1.82) is 0 Å². The lowest BCUT2D eigenvalue weighted by Crippen LogP contribution is -2.24. The average Bonchev–Trinajstić information content (AvgIpc) is 2.78. The van der Waals surface area contributed by atoms with Gasteiger partial charge >= 0.3 is 0 Å². The molecular weight excluding hydrogens is 192 g/mol. The number of aromatic nitrogens is 2. The lowest BCUT2D eigenvalue weighted by atomic mass is 10.1. The van der Waals surface area contributed by atoms with E-state index in [2.05, 4.69) is 20.4 Å². The minimum absolute atomic E-state index is 0.649. The highest BCUT2D eigenvalue weighted by Gasteiger charge is 2.22. The highest BCUT2D eigenvalue weighted by Crippen LogP contribution is 2.17. The van der Waals surface area contributed by atoms with Crippen LogP contribution in [0.1, 0.15) is 18.2 Å². The van der Waals surface area contributed by atoms with Gasteiger partial charge in [0.1, 0.15) is 0 Å². The van der Waals surface area contributed by atoms with E-state index in [0.717, 1.165) is 38.0 Å². The third-order valence-electron chi connectivity index (χ3n) is 2.79. The van der Waals surface area contributed by atoms with Gasteiger partial charge in [-0.05, 0) is 32.5 Å². The molecule has 0 aromatic carbocycles. The first-order valence-corrected chi connectivity index (χ1v) is 5.44. The molecule has 0 spiro atoms. The fraction of sp³-hybridized carbons (Fsp3) is 0.800. The number of hydrogen-bond donors (Lipinski definition) is 1. The van der Waals surface area contributed by atoms with Crippen LogP contribution in [0.25, 0.3) is 0 Å². The first-order chi connectivity index (χ1) is 7.28. The predicted molar refractivity (Wildman–Crippen MR) is 56.3 cm³/mol. The van der Waals surface area contributed by atoms with Gasteiger partial charge in [-0.2, -0.15) is 0 Å². The maximum absolute atomic E-state index is 5.36. The Bertz CT molecular complexity index is 312. The van der Waals surface area contributed by atoms with Gasteiger partial charge in [0.2, 0.25) is 11.8 Å². The number of likely N-dealkylation sites (tertiary alicyclic amines) is 1. The first kappa shape index (κ1) is 10.6. The molecule has 1 N–H and O–H groups in total. The average molecular weight is 210 g/mol. The third-order valence-corrected chi connectivity index (χ3v) is 2.79. The standard InChI is InChI=1S/C10H18N4O/c1-8-12-13-10(15-8)7-14-4-3-9(6-14)5-11-2/h9,11H,3-7H2,1-2H3. The summed E-state index contributed by atoms with van der Waals surface area (Å²) in [4.78, 5) is 2.37. The van der Waals surface area contributed by atoms with E-state index in [1.165, 1.54) is 6.42 Å². The summed E-state index contributed by atoms with van der Waals surface area (Å²) in [6.07, 6.45) is 1.26. The van der Waals surface area contributed by atoms with Crippen LogP contribution in [0.5, 0.6) is 0 Å². The molecule has 1 unspecified atom stereocenters. The summed E-state index contributed by atoms with van der Waals surface area (Å²) < 4.78 is 5.36. The van der Waals surface area contributed by atoms with Gasteiger partial charge in [0.15, 0.2) is 0 Å². The van der Waals surface area contributed by atoms with Gasteiger partial charge in [0.05, 0.1) is 6.54 Å². The van der Waals surface area contributed by atoms with Crippen molar-refractivity contribution in [2.45, 2.75) is 19.9 Å². The van der Waals surface area contributed by atoms with Crippen LogP contribution in [-0.4, -0.2) is 41.8 Å². The fourth-order valence-electron chi connectivity index (χ4n) is 2.10. The highest BCUT2D eigenvalue weighted by atomic mass is 16.4. The molecule has 0 amide bonds. The summed E-state index contributed by atoms with van der Waals surface area (Å²) in [5, 5.41) is 11.1. The number of nitrogens with one attached hydrogen (secondary N) is 1. The molecule has 0 saturated carbocycles. The minimum atomic E-state index is 0.649. The van der Waals surface area contributed by atoms with Gasteiger partial charge in [-0.25, -0.2) is 0 Å². The molecule has 5 heteroatoms. The van der Waals surface area contributed by atoms with Crippen molar-refractivity contribution in [3.05, 3.63) is 11.8 Å². The van der Waals surface area contributed by atoms with Crippen molar-refractivity contribution in [2.24, 2.45) is 5.92 Å². The zero-order valence-electron chi connectivity index (χ0n) is 9.36. The smallest absolute Gasteiger partial charge is 0.230 e. The summed E-state index contributed by atoms with van der Waals surface area (Å²) in [6.45, 7) is 5.97. The van der Waals surface area contributed by atoms with Crippen molar-refractivity contribution in [2.75, 3.05) is 26.7 Å². The Labute approximate surface area is 89.9 Å². The fourth-order valence-corrected chi connectivity index (χ4v) is 2.10. The maximum Gasteiger partial charge on any atom is 0.230 e. The van der Waals surface area contributed by atoms with Crippen LogP contribution in [0.4, 0.5) is 0 Å². The number of nitrogens with zero attached hydrogens (tertiary/aromatic N) is 3. The van der Waals surface area contributed by atoms with E-state index in [-0.39, 0.29) is 0 Å². The second-order valence-electron chi connectivity index (χ2n) is 4.16. The summed E-state index contributed by atoms with van der Waals surface area (Å²) in [5.74, 6) is 2.15. The van der Waals surface area contributed by atoms with Crippen LogP contribution < -0.4 is 5.32 Å². The second-order valence-corrected chi connectivity index (χ2v) is 4.16. The van der Waals surface area contributed by atoms with Crippen molar-refractivity contribution < 1.29 is 4.42 Å². The zero-order chi connectivity index (χ0) is 10.7. The van der Waals surface area contributed by atoms with Crippen LogP contribution in [-0.2, 0) is 6.54 Å². The summed E-state index contributed by atoms with van der Waals surface area (Å²) >= 11 is 0. The Morgan fingerprint density at radius 1 is 1.53 bits per heavy atom. The lowest BCUT2D eigenvalue weighted by Gasteiger charge is -2.13. The largest absolute Gasteiger partial charge is 0.424 e. The molecular formula is C10H18N4O. The molecule has 0 bridgehead atoms. The van der Waals surface area contributed by atoms with Gasteiger partial charge in [0.25, 0.3) is 0 Å². The van der Waals surface area contributed by atoms with E-state index in [4.69, 9.17) is 4.42 Å². The van der Waals surface area contributed by atoms with Crippen LogP contribution >= 0.6 is 0 Å². The minimum Gasteiger partial charge on any atom is -0.424 e. The molecule has 2 rings (SSSR count). The predicted octanol–water partition coefficient (Wildman–Crippen LogP) is 0.419. The second kappa shape index (κ2) is 4.72. The Hall–Kier alpha value is -0.940. The molecule has 1 fully saturated rings. The topological polar surface area (TPSA) is 54.2 Å². The zero-order valence-corrected chi connectivity index (χ0v) is 9.36. The van der Waals surface area contributed by atoms with E-state index in [9.17, 15) is 0 Å². The maximum atomic E-state index is 5.36. The lowest BCUT2D eigenvalue weighted by molar-refractivity contribution is 0.277. The molecule has 1 aromatic heterocycles. The van der Waals surface area contributed by atoms with E-state index in [1.807, 2.05) is 14.0 Å². The summed E-state index contributed by atoms with van der Waals surface area (Å²) in [6, 6.07) is 0. The molecule has 1 aromatic rings. The Kier molecular flexibility index (Phi) is 3.33. The van der Waals surface area contributed by atoms with Crippen molar-refractivity contribution in [3.63, 3.8) is 0 Å². The molecule has 2 heterocycles. The molecule has 15 heavy (non-hydrogen) atoms. The van der Waals surface area contributed by atoms with Crippen LogP contribution in [0.2, 0.25) is 0 Å². The summed E-state index contributed by atoms with van der Waals surface area (Å²) in [7, 11) is 2.00. The summed E-state index contributed by atoms with van der Waals surface area (Å²) in [5.41, 5.74) is 0. The normalized spacial score (nSPS) is 22.4. The van der Waals surface area contributed by atoms with Gasteiger partial charge in [0, 0.05) is 13.5 Å². The molecule has 0 radical (unpaired) electrons. The number of rotatable bonds is 4. The van der Waals surface area contributed by atoms with Crippen molar-refractivity contribution >= 4 is 0 Å². The van der Waals surface area contributed by atoms with Crippen LogP contribution in [0.3, 0.4) is 0 Å². The molecule has 1 atom stereocenters. The number of hydrogen-bond acceptors (Lipinski definition) is 5. The molecule has 1 aliphatic heterocycles. The van der Waals surface area contributed by atoms with E-state index in [1.54, 1.807) is 0 Å². The van der Waals surface area contributed by atoms with Crippen molar-refractivity contribution in [1.82, 2.24) is 20.4 Å². The van der Waals surface area contributed by atoms with E-state index >= 15 is 0 Å². The van der Waals surface area contributed by atoms with Gasteiger partial charge < -0.3 is 9.73 Å². The van der Waals surface area contributed by atoms with Crippen molar-refractivity contribution in [3.8, 4) is 0 Å².